The summed E-state index contributed by atoms with van der Waals surface area (Å²) in [5, 5.41) is 15.5. The molecule has 1 atom stereocenters. The second-order valence-corrected chi connectivity index (χ2v) is 8.03. The zero-order chi connectivity index (χ0) is 24.3. The lowest BCUT2D eigenvalue weighted by atomic mass is 9.99. The van der Waals surface area contributed by atoms with Crippen molar-refractivity contribution in [2.24, 2.45) is 7.05 Å². The standard InChI is InChI=1S/C21H16F3N9O2/c1-31-9-12(17(30-31)21(22,23)24)18-27-28-19(35-18)20(34)32-7-5-13-15(26-10-25-13)16(32)14-8-11-4-2-3-6-33(11)29-14/h2-4,6,8-10,16H,5,7H2,1H3,(H,25,26)/t16-/m1/s1. The van der Waals surface area contributed by atoms with Crippen molar-refractivity contribution in [3.8, 4) is 11.5 Å². The Morgan fingerprint density at radius 2 is 2.09 bits per heavy atom. The Balaban J connectivity index is 1.39. The summed E-state index contributed by atoms with van der Waals surface area (Å²) in [5.41, 5.74) is 1.31. The van der Waals surface area contributed by atoms with Crippen LogP contribution >= 0.6 is 0 Å². The van der Waals surface area contributed by atoms with Gasteiger partial charge in [0.25, 0.3) is 5.89 Å². The highest BCUT2D eigenvalue weighted by molar-refractivity contribution is 5.90. The number of alkyl halides is 3. The van der Waals surface area contributed by atoms with E-state index in [0.29, 0.717) is 17.8 Å². The number of rotatable bonds is 3. The smallest absolute Gasteiger partial charge is 0.412 e. The van der Waals surface area contributed by atoms with Gasteiger partial charge in [-0.2, -0.15) is 23.4 Å². The number of H-pyrrole nitrogens is 1. The maximum atomic E-state index is 13.5. The van der Waals surface area contributed by atoms with Gasteiger partial charge in [0, 0.05) is 38.1 Å². The van der Waals surface area contributed by atoms with Gasteiger partial charge in [0.1, 0.15) is 6.04 Å². The Kier molecular flexibility index (Phi) is 4.52. The van der Waals surface area contributed by atoms with E-state index in [9.17, 15) is 18.0 Å². The molecule has 11 nitrogen and oxygen atoms in total. The van der Waals surface area contributed by atoms with Gasteiger partial charge in [-0.05, 0) is 18.2 Å². The van der Waals surface area contributed by atoms with Crippen molar-refractivity contribution in [3.63, 3.8) is 0 Å². The molecule has 178 valence electrons. The summed E-state index contributed by atoms with van der Waals surface area (Å²) in [4.78, 5) is 22.5. The van der Waals surface area contributed by atoms with Crippen LogP contribution < -0.4 is 0 Å². The van der Waals surface area contributed by atoms with E-state index in [1.54, 1.807) is 17.0 Å². The van der Waals surface area contributed by atoms with Crippen molar-refractivity contribution in [1.82, 2.24) is 44.5 Å². The number of aromatic nitrogens is 8. The van der Waals surface area contributed by atoms with E-state index >= 15 is 0 Å². The summed E-state index contributed by atoms with van der Waals surface area (Å²) in [6.07, 6.45) is 0.212. The molecule has 1 amide bonds. The number of nitrogens with zero attached hydrogens (tertiary/aromatic N) is 8. The molecule has 0 spiro atoms. The van der Waals surface area contributed by atoms with Crippen LogP contribution in [-0.2, 0) is 19.6 Å². The number of halogens is 3. The number of amides is 1. The number of imidazole rings is 1. The zero-order valence-electron chi connectivity index (χ0n) is 18.1. The van der Waals surface area contributed by atoms with E-state index in [1.807, 2.05) is 24.3 Å². The average molecular weight is 483 g/mol. The topological polar surface area (TPSA) is 123 Å². The minimum atomic E-state index is -4.73. The monoisotopic (exact) mass is 483 g/mol. The fourth-order valence-electron chi connectivity index (χ4n) is 4.28. The van der Waals surface area contributed by atoms with Gasteiger partial charge < -0.3 is 14.3 Å². The summed E-state index contributed by atoms with van der Waals surface area (Å²) < 4.78 is 48.2. The molecule has 14 heteroatoms. The number of carbonyl (C=O) groups excluding carboxylic acids is 1. The van der Waals surface area contributed by atoms with Crippen LogP contribution in [0, 0.1) is 0 Å². The van der Waals surface area contributed by atoms with E-state index in [0.717, 1.165) is 22.1 Å². The predicted molar refractivity (Wildman–Crippen MR) is 112 cm³/mol. The van der Waals surface area contributed by atoms with E-state index < -0.39 is 41.2 Å². The third-order valence-corrected chi connectivity index (χ3v) is 5.79. The minimum Gasteiger partial charge on any atom is -0.412 e. The van der Waals surface area contributed by atoms with Crippen molar-refractivity contribution in [1.29, 1.82) is 0 Å². The van der Waals surface area contributed by atoms with E-state index in [-0.39, 0.29) is 6.54 Å². The normalized spacial score (nSPS) is 16.1. The van der Waals surface area contributed by atoms with E-state index in [1.165, 1.54) is 11.9 Å². The van der Waals surface area contributed by atoms with Gasteiger partial charge in [0.05, 0.1) is 28.8 Å². The second-order valence-electron chi connectivity index (χ2n) is 8.03. The van der Waals surface area contributed by atoms with Gasteiger partial charge in [-0.15, -0.1) is 10.2 Å². The van der Waals surface area contributed by atoms with Crippen LogP contribution in [0.1, 0.15) is 39.5 Å². The molecule has 1 aliphatic heterocycles. The lowest BCUT2D eigenvalue weighted by molar-refractivity contribution is -0.141. The van der Waals surface area contributed by atoms with Crippen molar-refractivity contribution < 1.29 is 22.4 Å². The number of aromatic amines is 1. The van der Waals surface area contributed by atoms with Crippen LogP contribution in [0.4, 0.5) is 13.2 Å². The fraction of sp³-hybridized carbons (Fsp3) is 0.238. The van der Waals surface area contributed by atoms with Gasteiger partial charge in [0.15, 0.2) is 5.69 Å². The molecule has 0 saturated heterocycles. The summed E-state index contributed by atoms with van der Waals surface area (Å²) in [7, 11) is 1.34. The highest BCUT2D eigenvalue weighted by Gasteiger charge is 2.41. The molecule has 35 heavy (non-hydrogen) atoms. The summed E-state index contributed by atoms with van der Waals surface area (Å²) in [6.45, 7) is 0.283. The van der Waals surface area contributed by atoms with Crippen molar-refractivity contribution in [2.75, 3.05) is 6.54 Å². The molecule has 0 fully saturated rings. The largest absolute Gasteiger partial charge is 0.435 e. The summed E-state index contributed by atoms with van der Waals surface area (Å²) >= 11 is 0. The van der Waals surface area contributed by atoms with Crippen molar-refractivity contribution in [3.05, 3.63) is 71.7 Å². The highest BCUT2D eigenvalue weighted by Crippen LogP contribution is 2.37. The number of hydrogen-bond acceptors (Lipinski definition) is 7. The first kappa shape index (κ1) is 21.1. The first-order chi connectivity index (χ1) is 16.8. The highest BCUT2D eigenvalue weighted by atomic mass is 19.4. The molecule has 5 aromatic heterocycles. The zero-order valence-corrected chi connectivity index (χ0v) is 18.1. The Labute approximate surface area is 194 Å². The first-order valence-electron chi connectivity index (χ1n) is 10.5. The Morgan fingerprint density at radius 3 is 2.89 bits per heavy atom. The van der Waals surface area contributed by atoms with E-state index in [4.69, 9.17) is 4.42 Å². The first-order valence-corrected chi connectivity index (χ1v) is 10.5. The fourth-order valence-corrected chi connectivity index (χ4v) is 4.28. The Morgan fingerprint density at radius 1 is 1.23 bits per heavy atom. The molecule has 0 aliphatic carbocycles. The van der Waals surface area contributed by atoms with Crippen LogP contribution in [-0.4, -0.2) is 56.9 Å². The third kappa shape index (κ3) is 3.45. The Hall–Kier alpha value is -4.49. The van der Waals surface area contributed by atoms with Crippen LogP contribution in [0.5, 0.6) is 0 Å². The predicted octanol–water partition coefficient (Wildman–Crippen LogP) is 2.65. The van der Waals surface area contributed by atoms with Gasteiger partial charge in [0.2, 0.25) is 0 Å². The average Bonchev–Trinajstić information content (AvgIpc) is 3.61. The molecule has 0 bridgehead atoms. The maximum absolute atomic E-state index is 13.5. The van der Waals surface area contributed by atoms with Gasteiger partial charge in [-0.25, -0.2) is 9.50 Å². The van der Waals surface area contributed by atoms with Crippen molar-refractivity contribution in [2.45, 2.75) is 18.6 Å². The SMILES string of the molecule is Cn1cc(-c2nnc(C(=O)N3CCc4[nH]cnc4[C@H]3c3cc4ccccn4n3)o2)c(C(F)(F)F)n1. The van der Waals surface area contributed by atoms with Crippen LogP contribution in [0.15, 0.2) is 47.4 Å². The number of hydrogen-bond donors (Lipinski definition) is 1. The molecule has 0 aromatic carbocycles. The lowest BCUT2D eigenvalue weighted by Gasteiger charge is -2.32. The molecule has 0 radical (unpaired) electrons. The molecule has 1 N–H and O–H groups in total. The summed E-state index contributed by atoms with van der Waals surface area (Å²) in [6, 6.07) is 6.78. The van der Waals surface area contributed by atoms with E-state index in [2.05, 4.69) is 30.4 Å². The van der Waals surface area contributed by atoms with Crippen LogP contribution in [0.2, 0.25) is 0 Å². The van der Waals surface area contributed by atoms with Crippen LogP contribution in [0.25, 0.3) is 17.0 Å². The Bertz CT molecular complexity index is 1530. The second kappa shape index (κ2) is 7.51. The molecule has 6 heterocycles. The third-order valence-electron chi connectivity index (χ3n) is 5.79. The number of aryl methyl sites for hydroxylation is 1. The molecular weight excluding hydrogens is 467 g/mol. The van der Waals surface area contributed by atoms with Gasteiger partial charge in [-0.1, -0.05) is 6.07 Å². The summed E-state index contributed by atoms with van der Waals surface area (Å²) in [5.74, 6) is -1.53. The van der Waals surface area contributed by atoms with Gasteiger partial charge in [-0.3, -0.25) is 9.48 Å². The minimum absolute atomic E-state index is 0.283. The quantitative estimate of drug-likeness (QED) is 0.419. The molecule has 0 unspecified atom stereocenters. The number of carbonyl (C=O) groups is 1. The molecular formula is C21H16F3N9O2. The van der Waals surface area contributed by atoms with Gasteiger partial charge >= 0.3 is 18.0 Å². The molecule has 6 rings (SSSR count). The van der Waals surface area contributed by atoms with Crippen LogP contribution in [0.3, 0.4) is 0 Å². The van der Waals surface area contributed by atoms with Crippen molar-refractivity contribution >= 4 is 11.4 Å². The number of fused-ring (bicyclic) bond motifs is 2. The molecule has 5 aromatic rings. The lowest BCUT2D eigenvalue weighted by Crippen LogP contribution is -2.41. The maximum Gasteiger partial charge on any atom is 0.435 e. The molecule has 0 saturated carbocycles. The number of nitrogens with one attached hydrogen (secondary N) is 1. The molecule has 1 aliphatic rings. The number of pyridine rings is 1.